The van der Waals surface area contributed by atoms with Crippen LogP contribution in [0.4, 0.5) is 0 Å². The van der Waals surface area contributed by atoms with Gasteiger partial charge in [0.25, 0.3) is 0 Å². The molecule has 1 fully saturated rings. The maximum atomic E-state index is 13.2. The van der Waals surface area contributed by atoms with Crippen LogP contribution in [-0.2, 0) is 9.09 Å². The van der Waals surface area contributed by atoms with Crippen molar-refractivity contribution in [2.45, 2.75) is 37.9 Å². The maximum Gasteiger partial charge on any atom is 0.587 e. The lowest BCUT2D eigenvalue weighted by Crippen LogP contribution is -2.32. The largest absolute Gasteiger partial charge is 0.587 e. The molecular formula is C18H21O5P. The Morgan fingerprint density at radius 1 is 0.833 bits per heavy atom. The third-order valence-corrected chi connectivity index (χ3v) is 5.25. The van der Waals surface area contributed by atoms with Gasteiger partial charge in [-0.05, 0) is 37.1 Å². The van der Waals surface area contributed by atoms with Gasteiger partial charge >= 0.3 is 7.82 Å². The Balaban J connectivity index is 1.80. The molecule has 0 radical (unpaired) electrons. The minimum atomic E-state index is -3.93. The first-order chi connectivity index (χ1) is 11.6. The lowest BCUT2D eigenvalue weighted by atomic mass is 9.95. The second-order valence-electron chi connectivity index (χ2n) is 5.75. The number of hydrogen-bond donors (Lipinski definition) is 1. The number of aliphatic hydroxyl groups is 1. The van der Waals surface area contributed by atoms with Crippen LogP contribution in [0.3, 0.4) is 0 Å². The molecule has 24 heavy (non-hydrogen) atoms. The highest BCUT2D eigenvalue weighted by Crippen LogP contribution is 2.51. The zero-order valence-corrected chi connectivity index (χ0v) is 14.2. The van der Waals surface area contributed by atoms with Crippen LogP contribution in [0.2, 0.25) is 0 Å². The van der Waals surface area contributed by atoms with Crippen molar-refractivity contribution in [2.24, 2.45) is 0 Å². The molecule has 1 saturated carbocycles. The van der Waals surface area contributed by atoms with E-state index in [1.807, 2.05) is 12.1 Å². The third-order valence-electron chi connectivity index (χ3n) is 3.85. The van der Waals surface area contributed by atoms with Gasteiger partial charge < -0.3 is 14.2 Å². The Bertz CT molecular complexity index is 631. The highest BCUT2D eigenvalue weighted by molar-refractivity contribution is 7.49. The van der Waals surface area contributed by atoms with E-state index >= 15 is 0 Å². The molecule has 2 aromatic rings. The van der Waals surface area contributed by atoms with Gasteiger partial charge in [0.2, 0.25) is 0 Å². The first-order valence-corrected chi connectivity index (χ1v) is 9.56. The summed E-state index contributed by atoms with van der Waals surface area (Å²) in [4.78, 5) is 0. The van der Waals surface area contributed by atoms with Crippen molar-refractivity contribution in [3.63, 3.8) is 0 Å². The van der Waals surface area contributed by atoms with Crippen molar-refractivity contribution in [1.29, 1.82) is 0 Å². The zero-order valence-electron chi connectivity index (χ0n) is 13.3. The Hall–Kier alpha value is -1.81. The van der Waals surface area contributed by atoms with Crippen LogP contribution in [-0.4, -0.2) is 17.3 Å². The molecule has 1 aliphatic carbocycles. The summed E-state index contributed by atoms with van der Waals surface area (Å²) in [6.07, 6.45) is 1.88. The minimum Gasteiger partial charge on any atom is -0.395 e. The Morgan fingerprint density at radius 2 is 1.33 bits per heavy atom. The normalized spacial score (nSPS) is 21.2. The van der Waals surface area contributed by atoms with Gasteiger partial charge in [-0.2, -0.15) is 0 Å². The fraction of sp³-hybridized carbons (Fsp3) is 0.333. The quantitative estimate of drug-likeness (QED) is 0.775. The molecule has 128 valence electrons. The van der Waals surface area contributed by atoms with Gasteiger partial charge in [-0.25, -0.2) is 4.57 Å². The fourth-order valence-corrected chi connectivity index (χ4v) is 4.11. The van der Waals surface area contributed by atoms with Crippen LogP contribution in [0.5, 0.6) is 11.5 Å². The van der Waals surface area contributed by atoms with E-state index in [1.54, 1.807) is 48.5 Å². The molecule has 0 aromatic heterocycles. The Labute approximate surface area is 141 Å². The highest BCUT2D eigenvalue weighted by Gasteiger charge is 2.38. The fourth-order valence-electron chi connectivity index (χ4n) is 2.65. The van der Waals surface area contributed by atoms with Crippen molar-refractivity contribution in [3.05, 3.63) is 60.7 Å². The molecule has 2 aromatic carbocycles. The van der Waals surface area contributed by atoms with E-state index in [0.717, 1.165) is 12.8 Å². The molecule has 2 atom stereocenters. The average Bonchev–Trinajstić information content (AvgIpc) is 2.58. The maximum absolute atomic E-state index is 13.2. The lowest BCUT2D eigenvalue weighted by Gasteiger charge is -2.30. The minimum absolute atomic E-state index is 0.391. The molecule has 0 unspecified atom stereocenters. The zero-order chi connectivity index (χ0) is 16.8. The van der Waals surface area contributed by atoms with Crippen LogP contribution in [0.1, 0.15) is 25.7 Å². The summed E-state index contributed by atoms with van der Waals surface area (Å²) < 4.78 is 30.0. The van der Waals surface area contributed by atoms with Crippen molar-refractivity contribution >= 4 is 7.82 Å². The van der Waals surface area contributed by atoms with Crippen LogP contribution < -0.4 is 9.05 Å². The number of rotatable bonds is 6. The van der Waals surface area contributed by atoms with Gasteiger partial charge in [-0.3, -0.25) is 4.52 Å². The average molecular weight is 348 g/mol. The van der Waals surface area contributed by atoms with Crippen molar-refractivity contribution < 1.29 is 23.2 Å². The molecule has 0 aliphatic heterocycles. The molecule has 1 N–H and O–H groups in total. The molecule has 0 saturated heterocycles. The predicted octanol–water partition coefficient (Wildman–Crippen LogP) is 4.57. The summed E-state index contributed by atoms with van der Waals surface area (Å²) in [5.74, 6) is 0.782. The molecule has 6 heteroatoms. The second kappa shape index (κ2) is 7.84. The van der Waals surface area contributed by atoms with Gasteiger partial charge in [0.15, 0.2) is 0 Å². The predicted molar refractivity (Wildman–Crippen MR) is 91.1 cm³/mol. The summed E-state index contributed by atoms with van der Waals surface area (Å²) in [5.41, 5.74) is 0. The van der Waals surface area contributed by atoms with Crippen LogP contribution >= 0.6 is 7.82 Å². The topological polar surface area (TPSA) is 65.0 Å². The molecule has 0 heterocycles. The molecule has 0 spiro atoms. The number of aliphatic hydroxyl groups excluding tert-OH is 1. The van der Waals surface area contributed by atoms with E-state index in [-0.39, 0.29) is 0 Å². The lowest BCUT2D eigenvalue weighted by molar-refractivity contribution is -0.00604. The summed E-state index contributed by atoms with van der Waals surface area (Å²) in [6.45, 7) is 0. The van der Waals surface area contributed by atoms with Gasteiger partial charge in [0, 0.05) is 0 Å². The summed E-state index contributed by atoms with van der Waals surface area (Å²) in [6, 6.07) is 17.5. The monoisotopic (exact) mass is 348 g/mol. The molecule has 5 nitrogen and oxygen atoms in total. The van der Waals surface area contributed by atoms with Crippen LogP contribution in [0, 0.1) is 0 Å². The molecule has 0 bridgehead atoms. The summed E-state index contributed by atoms with van der Waals surface area (Å²) >= 11 is 0. The van der Waals surface area contributed by atoms with E-state index in [2.05, 4.69) is 0 Å². The Kier molecular flexibility index (Phi) is 5.56. The SMILES string of the molecule is O=P(Oc1ccccc1)(Oc1ccccc1)O[C@@H]1CCCC[C@H]1O. The van der Waals surface area contributed by atoms with Crippen molar-refractivity contribution in [3.8, 4) is 11.5 Å². The highest BCUT2D eigenvalue weighted by atomic mass is 31.2. The second-order valence-corrected chi connectivity index (χ2v) is 7.22. The van der Waals surface area contributed by atoms with Crippen molar-refractivity contribution in [2.75, 3.05) is 0 Å². The third kappa shape index (κ3) is 4.60. The van der Waals surface area contributed by atoms with E-state index in [1.165, 1.54) is 0 Å². The number of phosphoric acid groups is 1. The molecule has 0 amide bonds. The standard InChI is InChI=1S/C18H21O5P/c19-17-13-7-8-14-18(17)23-24(20,21-15-9-3-1-4-10-15)22-16-11-5-2-6-12-16/h1-6,9-12,17-19H,7-8,13-14H2/t17-,18-/m1/s1. The van der Waals surface area contributed by atoms with Crippen molar-refractivity contribution in [1.82, 2.24) is 0 Å². The summed E-state index contributed by atoms with van der Waals surface area (Å²) in [7, 11) is -3.93. The summed E-state index contributed by atoms with van der Waals surface area (Å²) in [5, 5.41) is 10.1. The molecule has 1 aliphatic rings. The number of phosphoric ester groups is 1. The van der Waals surface area contributed by atoms with E-state index < -0.39 is 20.0 Å². The first-order valence-electron chi connectivity index (χ1n) is 8.10. The van der Waals surface area contributed by atoms with Gasteiger partial charge in [0.1, 0.15) is 11.5 Å². The smallest absolute Gasteiger partial charge is 0.395 e. The number of para-hydroxylation sites is 2. The first kappa shape index (κ1) is 17.0. The van der Waals surface area contributed by atoms with Gasteiger partial charge in [-0.1, -0.05) is 49.2 Å². The Morgan fingerprint density at radius 3 is 1.83 bits per heavy atom. The number of hydrogen-bond acceptors (Lipinski definition) is 5. The van der Waals surface area contributed by atoms with E-state index in [0.29, 0.717) is 24.3 Å². The van der Waals surface area contributed by atoms with Crippen LogP contribution in [0.25, 0.3) is 0 Å². The van der Waals surface area contributed by atoms with Gasteiger partial charge in [0.05, 0.1) is 12.2 Å². The van der Waals surface area contributed by atoms with Gasteiger partial charge in [-0.15, -0.1) is 0 Å². The van der Waals surface area contributed by atoms with Crippen LogP contribution in [0.15, 0.2) is 60.7 Å². The van der Waals surface area contributed by atoms with E-state index in [4.69, 9.17) is 13.6 Å². The molecular weight excluding hydrogens is 327 g/mol. The number of benzene rings is 2. The molecule has 3 rings (SSSR count). The van der Waals surface area contributed by atoms with E-state index in [9.17, 15) is 9.67 Å².